The molecule has 0 aromatic carbocycles. The number of hydrogen-bond acceptors (Lipinski definition) is 3. The zero-order valence-electron chi connectivity index (χ0n) is 8.17. The maximum Gasteiger partial charge on any atom is 0.162 e. The third kappa shape index (κ3) is 2.77. The first-order valence-corrected chi connectivity index (χ1v) is 4.79. The summed E-state index contributed by atoms with van der Waals surface area (Å²) in [6, 6.07) is 5.68. The van der Waals surface area contributed by atoms with Crippen LogP contribution in [0.1, 0.15) is 12.1 Å². The number of allylic oxidation sites excluding steroid dienone is 1. The van der Waals surface area contributed by atoms with Gasteiger partial charge in [0.15, 0.2) is 5.78 Å². The number of ketones is 1. The van der Waals surface area contributed by atoms with Crippen molar-refractivity contribution in [2.45, 2.75) is 12.5 Å². The average Bonchev–Trinajstić information content (AvgIpc) is 2.28. The third-order valence-corrected chi connectivity index (χ3v) is 2.08. The first-order chi connectivity index (χ1) is 7.34. The van der Waals surface area contributed by atoms with Gasteiger partial charge < -0.3 is 4.74 Å². The van der Waals surface area contributed by atoms with E-state index in [4.69, 9.17) is 4.74 Å². The van der Waals surface area contributed by atoms with Gasteiger partial charge in [0.2, 0.25) is 0 Å². The fraction of sp³-hybridized carbons (Fsp3) is 0.167. The van der Waals surface area contributed by atoms with Gasteiger partial charge in [-0.25, -0.2) is 0 Å². The molecule has 0 saturated heterocycles. The smallest absolute Gasteiger partial charge is 0.162 e. The Morgan fingerprint density at radius 3 is 3.13 bits per heavy atom. The number of rotatable bonds is 2. The SMILES string of the molecule is O=C1C=CO[C@H](/C=C/c2ccccn2)C1. The van der Waals surface area contributed by atoms with Crippen molar-refractivity contribution in [1.82, 2.24) is 4.98 Å². The van der Waals surface area contributed by atoms with Gasteiger partial charge in [-0.3, -0.25) is 9.78 Å². The maximum absolute atomic E-state index is 11.1. The van der Waals surface area contributed by atoms with Crippen LogP contribution < -0.4 is 0 Å². The number of nitrogens with zero attached hydrogens (tertiary/aromatic N) is 1. The van der Waals surface area contributed by atoms with Crippen LogP contribution in [0, 0.1) is 0 Å². The zero-order chi connectivity index (χ0) is 10.5. The Morgan fingerprint density at radius 1 is 1.47 bits per heavy atom. The zero-order valence-corrected chi connectivity index (χ0v) is 8.17. The lowest BCUT2D eigenvalue weighted by molar-refractivity contribution is -0.117. The van der Waals surface area contributed by atoms with Crippen molar-refractivity contribution in [3.05, 3.63) is 48.5 Å². The quantitative estimate of drug-likeness (QED) is 0.734. The Morgan fingerprint density at radius 2 is 2.40 bits per heavy atom. The molecule has 1 aliphatic heterocycles. The molecule has 0 radical (unpaired) electrons. The second kappa shape index (κ2) is 4.55. The van der Waals surface area contributed by atoms with Crippen LogP contribution in [0.25, 0.3) is 6.08 Å². The van der Waals surface area contributed by atoms with Gasteiger partial charge >= 0.3 is 0 Å². The number of pyridine rings is 1. The van der Waals surface area contributed by atoms with Crippen LogP contribution in [-0.4, -0.2) is 16.9 Å². The number of carbonyl (C=O) groups is 1. The molecular weight excluding hydrogens is 190 g/mol. The van der Waals surface area contributed by atoms with E-state index in [1.54, 1.807) is 6.20 Å². The largest absolute Gasteiger partial charge is 0.493 e. The minimum Gasteiger partial charge on any atom is -0.493 e. The Hall–Kier alpha value is -1.90. The van der Waals surface area contributed by atoms with Crippen molar-refractivity contribution in [3.63, 3.8) is 0 Å². The Bertz CT molecular complexity index is 395. The lowest BCUT2D eigenvalue weighted by atomic mass is 10.1. The summed E-state index contributed by atoms with van der Waals surface area (Å²) in [5.41, 5.74) is 0.864. The van der Waals surface area contributed by atoms with E-state index in [0.717, 1.165) is 5.69 Å². The summed E-state index contributed by atoms with van der Waals surface area (Å²) in [4.78, 5) is 15.2. The summed E-state index contributed by atoms with van der Waals surface area (Å²) < 4.78 is 5.25. The summed E-state index contributed by atoms with van der Waals surface area (Å²) in [6.45, 7) is 0. The van der Waals surface area contributed by atoms with Gasteiger partial charge in [0, 0.05) is 12.3 Å². The third-order valence-electron chi connectivity index (χ3n) is 2.08. The summed E-state index contributed by atoms with van der Waals surface area (Å²) in [5.74, 6) is 0.0944. The molecule has 0 unspecified atom stereocenters. The number of aromatic nitrogens is 1. The molecule has 0 saturated carbocycles. The number of carbonyl (C=O) groups excluding carboxylic acids is 1. The van der Waals surface area contributed by atoms with E-state index in [0.29, 0.717) is 6.42 Å². The standard InChI is InChI=1S/C12H11NO2/c14-11-6-8-15-12(9-11)5-4-10-3-1-2-7-13-10/h1-8,12H,9H2/b5-4+/t12-/m1/s1. The van der Waals surface area contributed by atoms with Crippen molar-refractivity contribution in [2.24, 2.45) is 0 Å². The van der Waals surface area contributed by atoms with Crippen LogP contribution in [0.5, 0.6) is 0 Å². The maximum atomic E-state index is 11.1. The van der Waals surface area contributed by atoms with Crippen LogP contribution in [-0.2, 0) is 9.53 Å². The van der Waals surface area contributed by atoms with Crippen LogP contribution in [0.2, 0.25) is 0 Å². The highest BCUT2D eigenvalue weighted by Gasteiger charge is 2.12. The fourth-order valence-electron chi connectivity index (χ4n) is 1.32. The molecule has 0 spiro atoms. The Kier molecular flexibility index (Phi) is 2.93. The summed E-state index contributed by atoms with van der Waals surface area (Å²) >= 11 is 0. The van der Waals surface area contributed by atoms with E-state index in [1.807, 2.05) is 30.4 Å². The van der Waals surface area contributed by atoms with Gasteiger partial charge in [-0.15, -0.1) is 0 Å². The van der Waals surface area contributed by atoms with E-state index in [9.17, 15) is 4.79 Å². The molecule has 0 amide bonds. The van der Waals surface area contributed by atoms with Crippen LogP contribution in [0.4, 0.5) is 0 Å². The second-order valence-corrected chi connectivity index (χ2v) is 3.26. The van der Waals surface area contributed by atoms with Gasteiger partial charge in [0.05, 0.1) is 18.4 Å². The average molecular weight is 201 g/mol. The summed E-state index contributed by atoms with van der Waals surface area (Å²) in [5, 5.41) is 0. The van der Waals surface area contributed by atoms with Gasteiger partial charge in [-0.2, -0.15) is 0 Å². The van der Waals surface area contributed by atoms with Crippen LogP contribution in [0.3, 0.4) is 0 Å². The number of ether oxygens (including phenoxy) is 1. The molecule has 3 heteroatoms. The fourth-order valence-corrected chi connectivity index (χ4v) is 1.32. The molecule has 0 bridgehead atoms. The van der Waals surface area contributed by atoms with Crippen LogP contribution in [0.15, 0.2) is 42.8 Å². The first-order valence-electron chi connectivity index (χ1n) is 4.79. The van der Waals surface area contributed by atoms with Gasteiger partial charge in [0.25, 0.3) is 0 Å². The molecule has 76 valence electrons. The molecule has 2 heterocycles. The highest BCUT2D eigenvalue weighted by atomic mass is 16.5. The Labute approximate surface area is 88.1 Å². The molecule has 2 rings (SSSR count). The molecule has 1 aromatic heterocycles. The van der Waals surface area contributed by atoms with Gasteiger partial charge in [-0.05, 0) is 24.3 Å². The van der Waals surface area contributed by atoms with Crippen LogP contribution >= 0.6 is 0 Å². The molecule has 1 atom stereocenters. The van der Waals surface area contributed by atoms with Crippen molar-refractivity contribution in [3.8, 4) is 0 Å². The van der Waals surface area contributed by atoms with E-state index < -0.39 is 0 Å². The molecule has 1 aromatic rings. The summed E-state index contributed by atoms with van der Waals surface area (Å²) in [6.07, 6.45) is 8.57. The lowest BCUT2D eigenvalue weighted by Gasteiger charge is -2.14. The van der Waals surface area contributed by atoms with Crippen molar-refractivity contribution in [1.29, 1.82) is 0 Å². The molecule has 3 nitrogen and oxygen atoms in total. The van der Waals surface area contributed by atoms with E-state index in [1.165, 1.54) is 12.3 Å². The second-order valence-electron chi connectivity index (χ2n) is 3.26. The molecular formula is C12H11NO2. The van der Waals surface area contributed by atoms with Gasteiger partial charge in [0.1, 0.15) is 6.10 Å². The highest BCUT2D eigenvalue weighted by Crippen LogP contribution is 2.10. The van der Waals surface area contributed by atoms with E-state index in [2.05, 4.69) is 4.98 Å². The van der Waals surface area contributed by atoms with Crippen molar-refractivity contribution < 1.29 is 9.53 Å². The molecule has 15 heavy (non-hydrogen) atoms. The topological polar surface area (TPSA) is 39.2 Å². The molecule has 0 aliphatic carbocycles. The summed E-state index contributed by atoms with van der Waals surface area (Å²) in [7, 11) is 0. The normalized spacial score (nSPS) is 20.5. The van der Waals surface area contributed by atoms with Crippen molar-refractivity contribution in [2.75, 3.05) is 0 Å². The molecule has 0 fully saturated rings. The van der Waals surface area contributed by atoms with E-state index in [-0.39, 0.29) is 11.9 Å². The van der Waals surface area contributed by atoms with E-state index >= 15 is 0 Å². The predicted octanol–water partition coefficient (Wildman–Crippen LogP) is 1.97. The predicted molar refractivity (Wildman–Crippen MR) is 56.9 cm³/mol. The highest BCUT2D eigenvalue weighted by molar-refractivity contribution is 5.90. The molecule has 0 N–H and O–H groups in total. The lowest BCUT2D eigenvalue weighted by Crippen LogP contribution is -2.15. The molecule has 1 aliphatic rings. The Balaban J connectivity index is 2.00. The first kappa shape index (κ1) is 9.65. The number of hydrogen-bond donors (Lipinski definition) is 0. The minimum absolute atomic E-state index is 0.0944. The van der Waals surface area contributed by atoms with Gasteiger partial charge in [-0.1, -0.05) is 6.07 Å². The van der Waals surface area contributed by atoms with Crippen molar-refractivity contribution >= 4 is 11.9 Å². The minimum atomic E-state index is -0.162. The monoisotopic (exact) mass is 201 g/mol.